The summed E-state index contributed by atoms with van der Waals surface area (Å²) in [6, 6.07) is 14.4. The molecule has 1 aliphatic heterocycles. The highest BCUT2D eigenvalue weighted by Gasteiger charge is 2.10. The molecule has 0 aromatic heterocycles. The first-order valence-electron chi connectivity index (χ1n) is 9.08. The summed E-state index contributed by atoms with van der Waals surface area (Å²) in [7, 11) is 0. The minimum Gasteiger partial charge on any atom is -0.492 e. The summed E-state index contributed by atoms with van der Waals surface area (Å²) in [6.07, 6.45) is 9.25. The van der Waals surface area contributed by atoms with Crippen LogP contribution >= 0.6 is 0 Å². The minimum atomic E-state index is -0.154. The zero-order valence-electron chi connectivity index (χ0n) is 14.9. The molecule has 0 bridgehead atoms. The second kappa shape index (κ2) is 9.07. The van der Waals surface area contributed by atoms with Crippen LogP contribution in [0.15, 0.2) is 48.5 Å². The Labute approximate surface area is 155 Å². The molecule has 2 aromatic rings. The zero-order chi connectivity index (χ0) is 18.2. The highest BCUT2D eigenvalue weighted by molar-refractivity contribution is 6.04. The van der Waals surface area contributed by atoms with Crippen LogP contribution in [-0.4, -0.2) is 37.0 Å². The summed E-state index contributed by atoms with van der Waals surface area (Å²) in [5.41, 5.74) is 2.10. The smallest absolute Gasteiger partial charge is 0.255 e. The van der Waals surface area contributed by atoms with Crippen molar-refractivity contribution in [3.05, 3.63) is 59.7 Å². The summed E-state index contributed by atoms with van der Waals surface area (Å²) in [5.74, 6) is 3.19. The first-order valence-corrected chi connectivity index (χ1v) is 9.08. The van der Waals surface area contributed by atoms with Crippen LogP contribution in [0.5, 0.6) is 5.75 Å². The monoisotopic (exact) mass is 348 g/mol. The Morgan fingerprint density at radius 3 is 2.38 bits per heavy atom. The number of amides is 1. The molecule has 1 fully saturated rings. The number of hydrogen-bond donors (Lipinski definition) is 1. The molecule has 1 aliphatic rings. The summed E-state index contributed by atoms with van der Waals surface area (Å²) in [5, 5.41) is 2.86. The van der Waals surface area contributed by atoms with Gasteiger partial charge in [-0.3, -0.25) is 9.69 Å². The number of rotatable bonds is 6. The minimum absolute atomic E-state index is 0.154. The Morgan fingerprint density at radius 1 is 1.04 bits per heavy atom. The van der Waals surface area contributed by atoms with Gasteiger partial charge in [-0.25, -0.2) is 0 Å². The molecule has 0 aliphatic carbocycles. The van der Waals surface area contributed by atoms with Crippen LogP contribution in [0, 0.1) is 12.3 Å². The summed E-state index contributed by atoms with van der Waals surface area (Å²) in [6.45, 7) is 3.97. The van der Waals surface area contributed by atoms with Gasteiger partial charge in [0.15, 0.2) is 0 Å². The molecule has 1 saturated heterocycles. The third kappa shape index (κ3) is 5.11. The fourth-order valence-electron chi connectivity index (χ4n) is 3.03. The van der Waals surface area contributed by atoms with Gasteiger partial charge in [-0.05, 0) is 74.5 Å². The van der Waals surface area contributed by atoms with Gasteiger partial charge in [-0.1, -0.05) is 12.3 Å². The van der Waals surface area contributed by atoms with Gasteiger partial charge >= 0.3 is 0 Å². The molecule has 134 valence electrons. The molecule has 3 rings (SSSR count). The van der Waals surface area contributed by atoms with Crippen LogP contribution in [-0.2, 0) is 0 Å². The van der Waals surface area contributed by atoms with Crippen molar-refractivity contribution in [3.63, 3.8) is 0 Å². The Bertz CT molecular complexity index is 754. The molecule has 1 amide bonds. The maximum atomic E-state index is 12.3. The standard InChI is InChI=1S/C22H24N2O2/c1-2-18-6-10-20(11-7-18)23-22(25)19-8-12-21(13-9-19)26-17-16-24-14-4-3-5-15-24/h1,6-13H,3-5,14-17H2,(H,23,25). The molecule has 4 heteroatoms. The predicted octanol–water partition coefficient (Wildman–Crippen LogP) is 3.78. The molecule has 4 nitrogen and oxygen atoms in total. The van der Waals surface area contributed by atoms with Crippen molar-refractivity contribution in [2.45, 2.75) is 19.3 Å². The summed E-state index contributed by atoms with van der Waals surface area (Å²) in [4.78, 5) is 14.7. The largest absolute Gasteiger partial charge is 0.492 e. The quantitative estimate of drug-likeness (QED) is 0.808. The molecule has 0 radical (unpaired) electrons. The number of anilines is 1. The van der Waals surface area contributed by atoms with Crippen molar-refractivity contribution in [2.24, 2.45) is 0 Å². The lowest BCUT2D eigenvalue weighted by molar-refractivity contribution is 0.102. The van der Waals surface area contributed by atoms with Gasteiger partial charge in [0.05, 0.1) is 0 Å². The molecule has 1 heterocycles. The second-order valence-corrected chi connectivity index (χ2v) is 6.45. The molecular formula is C22H24N2O2. The number of hydrogen-bond acceptors (Lipinski definition) is 3. The number of benzene rings is 2. The molecule has 1 N–H and O–H groups in total. The number of carbonyl (C=O) groups excluding carboxylic acids is 1. The maximum Gasteiger partial charge on any atom is 0.255 e. The normalized spacial score (nSPS) is 14.4. The van der Waals surface area contributed by atoms with Crippen LogP contribution < -0.4 is 10.1 Å². The highest BCUT2D eigenvalue weighted by Crippen LogP contribution is 2.15. The number of nitrogens with one attached hydrogen (secondary N) is 1. The average molecular weight is 348 g/mol. The van der Waals surface area contributed by atoms with E-state index in [1.807, 2.05) is 12.1 Å². The zero-order valence-corrected chi connectivity index (χ0v) is 14.9. The first kappa shape index (κ1) is 18.0. The molecular weight excluding hydrogens is 324 g/mol. The lowest BCUT2D eigenvalue weighted by atomic mass is 10.1. The number of terminal acetylenes is 1. The van der Waals surface area contributed by atoms with Crippen molar-refractivity contribution >= 4 is 11.6 Å². The Hall–Kier alpha value is -2.77. The third-order valence-electron chi connectivity index (χ3n) is 4.55. The fourth-order valence-corrected chi connectivity index (χ4v) is 3.03. The number of ether oxygens (including phenoxy) is 1. The van der Waals surface area contributed by atoms with Gasteiger partial charge in [0.1, 0.15) is 12.4 Å². The third-order valence-corrected chi connectivity index (χ3v) is 4.55. The van der Waals surface area contributed by atoms with E-state index < -0.39 is 0 Å². The lowest BCUT2D eigenvalue weighted by Gasteiger charge is -2.26. The summed E-state index contributed by atoms with van der Waals surface area (Å²) >= 11 is 0. The lowest BCUT2D eigenvalue weighted by Crippen LogP contribution is -2.33. The van der Waals surface area contributed by atoms with Crippen molar-refractivity contribution in [1.82, 2.24) is 4.90 Å². The highest BCUT2D eigenvalue weighted by atomic mass is 16.5. The molecule has 0 atom stereocenters. The number of carbonyl (C=O) groups is 1. The van der Waals surface area contributed by atoms with Crippen LogP contribution in [0.4, 0.5) is 5.69 Å². The number of nitrogens with zero attached hydrogens (tertiary/aromatic N) is 1. The molecule has 26 heavy (non-hydrogen) atoms. The van der Waals surface area contributed by atoms with Crippen molar-refractivity contribution in [3.8, 4) is 18.1 Å². The average Bonchev–Trinajstić information content (AvgIpc) is 2.70. The van der Waals surface area contributed by atoms with E-state index in [4.69, 9.17) is 11.2 Å². The predicted molar refractivity (Wildman–Crippen MR) is 105 cm³/mol. The van der Waals surface area contributed by atoms with Crippen LogP contribution in [0.3, 0.4) is 0 Å². The molecule has 0 spiro atoms. The van der Waals surface area contributed by atoms with Crippen molar-refractivity contribution < 1.29 is 9.53 Å². The van der Waals surface area contributed by atoms with Crippen LogP contribution in [0.25, 0.3) is 0 Å². The van der Waals surface area contributed by atoms with Crippen LogP contribution in [0.2, 0.25) is 0 Å². The van der Waals surface area contributed by atoms with E-state index in [-0.39, 0.29) is 5.91 Å². The van der Waals surface area contributed by atoms with Gasteiger partial charge < -0.3 is 10.1 Å². The van der Waals surface area contributed by atoms with Gasteiger partial charge in [0, 0.05) is 23.4 Å². The van der Waals surface area contributed by atoms with Gasteiger partial charge in [-0.2, -0.15) is 0 Å². The van der Waals surface area contributed by atoms with Gasteiger partial charge in [0.2, 0.25) is 0 Å². The number of likely N-dealkylation sites (tertiary alicyclic amines) is 1. The van der Waals surface area contributed by atoms with E-state index in [1.54, 1.807) is 36.4 Å². The second-order valence-electron chi connectivity index (χ2n) is 6.45. The van der Waals surface area contributed by atoms with Crippen molar-refractivity contribution in [2.75, 3.05) is 31.6 Å². The number of piperidine rings is 1. The van der Waals surface area contributed by atoms with E-state index in [9.17, 15) is 4.79 Å². The van der Waals surface area contributed by atoms with E-state index >= 15 is 0 Å². The first-order chi connectivity index (χ1) is 12.7. The van der Waals surface area contributed by atoms with Gasteiger partial charge in [-0.15, -0.1) is 6.42 Å². The Balaban J connectivity index is 1.48. The SMILES string of the molecule is C#Cc1ccc(NC(=O)c2ccc(OCCN3CCCCC3)cc2)cc1. The molecule has 0 unspecified atom stereocenters. The summed E-state index contributed by atoms with van der Waals surface area (Å²) < 4.78 is 5.80. The maximum absolute atomic E-state index is 12.3. The van der Waals surface area contributed by atoms with Crippen LogP contribution in [0.1, 0.15) is 35.2 Å². The van der Waals surface area contributed by atoms with Gasteiger partial charge in [0.25, 0.3) is 5.91 Å². The van der Waals surface area contributed by atoms with E-state index in [0.29, 0.717) is 12.2 Å². The fraction of sp³-hybridized carbons (Fsp3) is 0.318. The van der Waals surface area contributed by atoms with Crippen molar-refractivity contribution in [1.29, 1.82) is 0 Å². The van der Waals surface area contributed by atoms with E-state index in [1.165, 1.54) is 32.4 Å². The Morgan fingerprint density at radius 2 is 1.73 bits per heavy atom. The topological polar surface area (TPSA) is 41.6 Å². The molecule has 2 aromatic carbocycles. The Kier molecular flexibility index (Phi) is 6.29. The van der Waals surface area contributed by atoms with E-state index in [0.717, 1.165) is 23.5 Å². The molecule has 0 saturated carbocycles. The van der Waals surface area contributed by atoms with E-state index in [2.05, 4.69) is 16.1 Å².